The Morgan fingerprint density at radius 3 is 1.79 bits per heavy atom. The van der Waals surface area contributed by atoms with E-state index in [2.05, 4.69) is 5.09 Å². The summed E-state index contributed by atoms with van der Waals surface area (Å²) in [5.41, 5.74) is 5.63. The van der Waals surface area contributed by atoms with Gasteiger partial charge in [-0.3, -0.25) is 4.57 Å². The van der Waals surface area contributed by atoms with Crippen molar-refractivity contribution in [2.75, 3.05) is 24.8 Å². The van der Waals surface area contributed by atoms with Crippen LogP contribution >= 0.6 is 30.9 Å². The highest BCUT2D eigenvalue weighted by molar-refractivity contribution is 7.53. The molecule has 144 valence electrons. The molecule has 5 nitrogen and oxygen atoms in total. The minimum Gasteiger partial charge on any atom is -0.328 e. The second-order valence-electron chi connectivity index (χ2n) is 6.74. The monoisotopic (exact) mass is 401 g/mol. The molecular formula is C16H34Cl2N3O2P. The molecule has 2 saturated carbocycles. The minimum atomic E-state index is -3.49. The van der Waals surface area contributed by atoms with Crippen LogP contribution in [0, 0.1) is 0 Å². The molecule has 0 aliphatic heterocycles. The lowest BCUT2D eigenvalue weighted by Gasteiger charge is -2.31. The number of nitrogens with two attached hydrogens (primary N) is 1. The number of hydrogen-bond acceptors (Lipinski definition) is 2. The SMILES string of the molecule is NC1CCCCC1.O=P(O)(NC1CCCCC1)N(CCCl)CCCl. The van der Waals surface area contributed by atoms with E-state index in [1.807, 2.05) is 0 Å². The van der Waals surface area contributed by atoms with Crippen molar-refractivity contribution < 1.29 is 9.46 Å². The highest BCUT2D eigenvalue weighted by Crippen LogP contribution is 2.42. The third-order valence-corrected chi connectivity index (χ3v) is 6.88. The summed E-state index contributed by atoms with van der Waals surface area (Å²) in [4.78, 5) is 10.0. The maximum atomic E-state index is 12.2. The number of halogens is 2. The number of nitrogens with one attached hydrogen (secondary N) is 1. The highest BCUT2D eigenvalue weighted by Gasteiger charge is 2.30. The third kappa shape index (κ3) is 9.38. The van der Waals surface area contributed by atoms with Crippen molar-refractivity contribution in [2.24, 2.45) is 5.73 Å². The van der Waals surface area contributed by atoms with E-state index in [4.69, 9.17) is 28.9 Å². The van der Waals surface area contributed by atoms with Gasteiger partial charge in [0, 0.05) is 36.9 Å². The highest BCUT2D eigenvalue weighted by atomic mass is 35.5. The molecule has 1 unspecified atom stereocenters. The molecule has 0 spiro atoms. The largest absolute Gasteiger partial charge is 0.341 e. The van der Waals surface area contributed by atoms with Crippen LogP contribution in [0.5, 0.6) is 0 Å². The fourth-order valence-electron chi connectivity index (χ4n) is 3.26. The molecule has 0 radical (unpaired) electrons. The predicted octanol–water partition coefficient (Wildman–Crippen LogP) is 4.07. The maximum Gasteiger partial charge on any atom is 0.341 e. The molecule has 24 heavy (non-hydrogen) atoms. The average molecular weight is 402 g/mol. The summed E-state index contributed by atoms with van der Waals surface area (Å²) in [6, 6.07) is 0.682. The summed E-state index contributed by atoms with van der Waals surface area (Å²) in [6.45, 7) is 0.754. The summed E-state index contributed by atoms with van der Waals surface area (Å²) >= 11 is 11.3. The van der Waals surface area contributed by atoms with Crippen molar-refractivity contribution in [3.8, 4) is 0 Å². The molecular weight excluding hydrogens is 368 g/mol. The van der Waals surface area contributed by atoms with Gasteiger partial charge in [-0.2, -0.15) is 0 Å². The Balaban J connectivity index is 0.000000341. The number of hydrogen-bond donors (Lipinski definition) is 3. The first-order valence-electron chi connectivity index (χ1n) is 9.23. The molecule has 0 aromatic heterocycles. The second-order valence-corrected chi connectivity index (χ2v) is 9.41. The standard InChI is InChI=1S/C10H21Cl2N2O2P.C6H13N/c11-6-8-14(9-7-12)17(15,16)13-10-4-2-1-3-5-10;7-6-4-2-1-3-5-6/h10H,1-9H2,(H2,13,15,16);6H,1-5,7H2. The first-order valence-corrected chi connectivity index (χ1v) is 11.9. The van der Waals surface area contributed by atoms with Crippen molar-refractivity contribution in [2.45, 2.75) is 76.3 Å². The van der Waals surface area contributed by atoms with Crippen LogP contribution < -0.4 is 10.8 Å². The molecule has 8 heteroatoms. The van der Waals surface area contributed by atoms with Crippen LogP contribution in [0.4, 0.5) is 0 Å². The fourth-order valence-corrected chi connectivity index (χ4v) is 5.55. The van der Waals surface area contributed by atoms with Gasteiger partial charge in [-0.05, 0) is 25.7 Å². The zero-order valence-electron chi connectivity index (χ0n) is 14.6. The smallest absolute Gasteiger partial charge is 0.328 e. The first-order chi connectivity index (χ1) is 11.5. The Kier molecular flexibility index (Phi) is 12.2. The van der Waals surface area contributed by atoms with E-state index in [1.165, 1.54) is 43.2 Å². The van der Waals surface area contributed by atoms with E-state index < -0.39 is 7.67 Å². The van der Waals surface area contributed by atoms with Crippen LogP contribution in [0.25, 0.3) is 0 Å². The first kappa shape index (κ1) is 22.7. The molecule has 1 atom stereocenters. The summed E-state index contributed by atoms with van der Waals surface area (Å²) in [5, 5.41) is 2.88. The van der Waals surface area contributed by atoms with E-state index in [9.17, 15) is 9.46 Å². The molecule has 0 heterocycles. The normalized spacial score (nSPS) is 22.7. The lowest BCUT2D eigenvalue weighted by Crippen LogP contribution is -2.37. The fraction of sp³-hybridized carbons (Fsp3) is 1.00. The molecule has 0 aromatic carbocycles. The number of nitrogens with zero attached hydrogens (tertiary/aromatic N) is 1. The van der Waals surface area contributed by atoms with Gasteiger partial charge in [0.15, 0.2) is 0 Å². The van der Waals surface area contributed by atoms with Gasteiger partial charge in [0.05, 0.1) is 0 Å². The van der Waals surface area contributed by atoms with Crippen LogP contribution in [0.15, 0.2) is 0 Å². The summed E-state index contributed by atoms with van der Waals surface area (Å²) in [7, 11) is -3.49. The van der Waals surface area contributed by atoms with E-state index in [0.717, 1.165) is 25.7 Å². The second kappa shape index (κ2) is 12.9. The number of rotatable bonds is 7. The van der Waals surface area contributed by atoms with Crippen molar-refractivity contribution >= 4 is 30.9 Å². The Hall–Kier alpha value is 0.650. The Bertz CT molecular complexity index is 359. The van der Waals surface area contributed by atoms with Crippen LogP contribution in [0.1, 0.15) is 64.2 Å². The average Bonchev–Trinajstić information content (AvgIpc) is 2.56. The van der Waals surface area contributed by atoms with Gasteiger partial charge in [-0.1, -0.05) is 38.5 Å². The minimum absolute atomic E-state index is 0.146. The topological polar surface area (TPSA) is 78.6 Å². The zero-order chi connectivity index (χ0) is 17.8. The summed E-state index contributed by atoms with van der Waals surface area (Å²) < 4.78 is 13.7. The lowest BCUT2D eigenvalue weighted by molar-refractivity contribution is 0.326. The summed E-state index contributed by atoms with van der Waals surface area (Å²) in [6.07, 6.45) is 12.1. The van der Waals surface area contributed by atoms with Gasteiger partial charge in [-0.25, -0.2) is 9.76 Å². The molecule has 0 saturated heterocycles. The third-order valence-electron chi connectivity index (χ3n) is 4.67. The van der Waals surface area contributed by atoms with Crippen LogP contribution in [-0.2, 0) is 4.57 Å². The predicted molar refractivity (Wildman–Crippen MR) is 104 cm³/mol. The van der Waals surface area contributed by atoms with E-state index >= 15 is 0 Å². The lowest BCUT2D eigenvalue weighted by atomic mass is 9.96. The Morgan fingerprint density at radius 1 is 0.958 bits per heavy atom. The van der Waals surface area contributed by atoms with Crippen molar-refractivity contribution in [1.82, 2.24) is 9.76 Å². The van der Waals surface area contributed by atoms with Crippen LogP contribution in [-0.4, -0.2) is 46.5 Å². The van der Waals surface area contributed by atoms with Gasteiger partial charge in [-0.15, -0.1) is 23.2 Å². The van der Waals surface area contributed by atoms with E-state index in [-0.39, 0.29) is 6.04 Å². The molecule has 0 aromatic rings. The molecule has 4 N–H and O–H groups in total. The molecule has 0 bridgehead atoms. The maximum absolute atomic E-state index is 12.2. The Labute approximate surface area is 157 Å². The van der Waals surface area contributed by atoms with Crippen molar-refractivity contribution in [3.05, 3.63) is 0 Å². The van der Waals surface area contributed by atoms with Gasteiger partial charge >= 0.3 is 7.67 Å². The van der Waals surface area contributed by atoms with Crippen LogP contribution in [0.2, 0.25) is 0 Å². The molecule has 2 aliphatic carbocycles. The van der Waals surface area contributed by atoms with Gasteiger partial charge in [0.25, 0.3) is 0 Å². The molecule has 2 fully saturated rings. The van der Waals surface area contributed by atoms with Gasteiger partial charge in [0.1, 0.15) is 0 Å². The van der Waals surface area contributed by atoms with Gasteiger partial charge < -0.3 is 10.6 Å². The van der Waals surface area contributed by atoms with E-state index in [1.54, 1.807) is 0 Å². The van der Waals surface area contributed by atoms with Crippen LogP contribution in [0.3, 0.4) is 0 Å². The zero-order valence-corrected chi connectivity index (χ0v) is 17.0. The van der Waals surface area contributed by atoms with Crippen molar-refractivity contribution in [1.29, 1.82) is 0 Å². The van der Waals surface area contributed by atoms with Gasteiger partial charge in [0.2, 0.25) is 0 Å². The molecule has 0 amide bonds. The molecule has 2 aliphatic rings. The quantitative estimate of drug-likeness (QED) is 0.442. The van der Waals surface area contributed by atoms with Crippen molar-refractivity contribution in [3.63, 3.8) is 0 Å². The van der Waals surface area contributed by atoms with E-state index in [0.29, 0.717) is 30.9 Å². The number of alkyl halides is 2. The molecule has 2 rings (SSSR count). The Morgan fingerprint density at radius 2 is 1.42 bits per heavy atom. The summed E-state index contributed by atoms with van der Waals surface area (Å²) in [5.74, 6) is 0.654.